The second-order valence-electron chi connectivity index (χ2n) is 7.35. The number of benzene rings is 2. The van der Waals surface area contributed by atoms with Crippen molar-refractivity contribution in [2.75, 3.05) is 26.1 Å². The third kappa shape index (κ3) is 5.13. The van der Waals surface area contributed by atoms with Gasteiger partial charge in [0.05, 0.1) is 29.7 Å². The molecule has 33 heavy (non-hydrogen) atoms. The molecule has 0 aliphatic rings. The average molecular weight is 464 g/mol. The fourth-order valence-electron chi connectivity index (χ4n) is 3.50. The van der Waals surface area contributed by atoms with Gasteiger partial charge in [-0.05, 0) is 30.2 Å². The van der Waals surface area contributed by atoms with Gasteiger partial charge in [0, 0.05) is 13.5 Å². The highest BCUT2D eigenvalue weighted by Crippen LogP contribution is 2.36. The second kappa shape index (κ2) is 10.4. The van der Waals surface area contributed by atoms with Gasteiger partial charge in [-0.1, -0.05) is 42.5 Å². The quantitative estimate of drug-likeness (QED) is 0.375. The number of aromatic nitrogens is 2. The lowest BCUT2D eigenvalue weighted by atomic mass is 10.2. The molecule has 4 rings (SSSR count). The summed E-state index contributed by atoms with van der Waals surface area (Å²) in [7, 11) is 3.14. The van der Waals surface area contributed by atoms with Crippen LogP contribution in [0.4, 0.5) is 5.69 Å². The minimum absolute atomic E-state index is 0.232. The van der Waals surface area contributed by atoms with Crippen molar-refractivity contribution in [2.24, 2.45) is 0 Å². The topological polar surface area (TPSA) is 82.6 Å². The molecule has 0 saturated heterocycles. The summed E-state index contributed by atoms with van der Waals surface area (Å²) >= 11 is 1.30. The molecule has 0 bridgehead atoms. The van der Waals surface area contributed by atoms with Gasteiger partial charge < -0.3 is 19.5 Å². The van der Waals surface area contributed by atoms with Crippen molar-refractivity contribution in [3.05, 3.63) is 76.4 Å². The van der Waals surface area contributed by atoms with Crippen LogP contribution in [-0.4, -0.2) is 36.7 Å². The van der Waals surface area contributed by atoms with Gasteiger partial charge in [0.2, 0.25) is 5.88 Å². The van der Waals surface area contributed by atoms with Crippen molar-refractivity contribution in [2.45, 2.75) is 20.0 Å². The molecule has 1 amide bonds. The van der Waals surface area contributed by atoms with Gasteiger partial charge in [0.25, 0.3) is 5.91 Å². The number of nitrogens with zero attached hydrogens (tertiary/aromatic N) is 2. The summed E-state index contributed by atoms with van der Waals surface area (Å²) in [6, 6.07) is 17.6. The zero-order valence-corrected chi connectivity index (χ0v) is 19.6. The normalized spacial score (nSPS) is 10.9. The minimum Gasteiger partial charge on any atom is -0.491 e. The molecule has 170 valence electrons. The van der Waals surface area contributed by atoms with Crippen LogP contribution in [0.25, 0.3) is 10.2 Å². The van der Waals surface area contributed by atoms with Gasteiger partial charge in [-0.25, -0.2) is 4.98 Å². The molecule has 4 aromatic rings. The SMILES string of the molecule is COCc1nc(OC)c2c(C)c(C(=O)Nc3ccccc3OCCc3ccccc3)sc2n1. The molecule has 0 spiro atoms. The number of thiophene rings is 1. The maximum atomic E-state index is 13.2. The van der Waals surface area contributed by atoms with Crippen molar-refractivity contribution in [3.63, 3.8) is 0 Å². The molecule has 2 aromatic heterocycles. The fourth-order valence-corrected chi connectivity index (χ4v) is 4.59. The molecule has 8 heteroatoms. The number of para-hydroxylation sites is 2. The van der Waals surface area contributed by atoms with Crippen molar-refractivity contribution in [1.82, 2.24) is 9.97 Å². The summed E-state index contributed by atoms with van der Waals surface area (Å²) in [5.41, 5.74) is 2.59. The highest BCUT2D eigenvalue weighted by Gasteiger charge is 2.22. The first-order chi connectivity index (χ1) is 16.1. The molecule has 0 aliphatic heterocycles. The maximum Gasteiger partial charge on any atom is 0.266 e. The number of carbonyl (C=O) groups is 1. The van der Waals surface area contributed by atoms with E-state index in [1.54, 1.807) is 14.2 Å². The Labute approximate surface area is 196 Å². The lowest BCUT2D eigenvalue weighted by Crippen LogP contribution is -2.13. The van der Waals surface area contributed by atoms with Gasteiger partial charge in [-0.3, -0.25) is 4.79 Å². The Kier molecular flexibility index (Phi) is 7.16. The first-order valence-corrected chi connectivity index (χ1v) is 11.3. The molecule has 7 nitrogen and oxygen atoms in total. The number of rotatable bonds is 9. The van der Waals surface area contributed by atoms with Crippen LogP contribution < -0.4 is 14.8 Å². The fraction of sp³-hybridized carbons (Fsp3) is 0.240. The van der Waals surface area contributed by atoms with E-state index in [2.05, 4.69) is 27.4 Å². The molecule has 2 heterocycles. The smallest absolute Gasteiger partial charge is 0.266 e. The average Bonchev–Trinajstić information content (AvgIpc) is 3.17. The number of amides is 1. The predicted octanol–water partition coefficient (Wildman–Crippen LogP) is 5.03. The molecule has 2 aromatic carbocycles. The predicted molar refractivity (Wildman–Crippen MR) is 129 cm³/mol. The van der Waals surface area contributed by atoms with Crippen LogP contribution in [-0.2, 0) is 17.8 Å². The number of hydrogen-bond donors (Lipinski definition) is 1. The summed E-state index contributed by atoms with van der Waals surface area (Å²) in [6.45, 7) is 2.64. The van der Waals surface area contributed by atoms with Crippen molar-refractivity contribution >= 4 is 33.1 Å². The molecule has 0 fully saturated rings. The Balaban J connectivity index is 1.54. The van der Waals surface area contributed by atoms with Gasteiger partial charge in [0.15, 0.2) is 5.82 Å². The van der Waals surface area contributed by atoms with Crippen LogP contribution in [0.3, 0.4) is 0 Å². The first-order valence-electron chi connectivity index (χ1n) is 10.5. The maximum absolute atomic E-state index is 13.2. The second-order valence-corrected chi connectivity index (χ2v) is 8.35. The zero-order chi connectivity index (χ0) is 23.2. The van der Waals surface area contributed by atoms with E-state index >= 15 is 0 Å². The van der Waals surface area contributed by atoms with Crippen molar-refractivity contribution in [1.29, 1.82) is 0 Å². The van der Waals surface area contributed by atoms with E-state index in [1.165, 1.54) is 16.9 Å². The Bertz CT molecular complexity index is 1260. The molecule has 0 atom stereocenters. The molecule has 0 aliphatic carbocycles. The molecule has 0 unspecified atom stereocenters. The van der Waals surface area contributed by atoms with Crippen LogP contribution in [0.5, 0.6) is 11.6 Å². The van der Waals surface area contributed by atoms with Crippen molar-refractivity contribution < 1.29 is 19.0 Å². The molecule has 0 radical (unpaired) electrons. The number of hydrogen-bond acceptors (Lipinski definition) is 7. The summed E-state index contributed by atoms with van der Waals surface area (Å²) in [4.78, 5) is 23.3. The number of fused-ring (bicyclic) bond motifs is 1. The first kappa shape index (κ1) is 22.7. The zero-order valence-electron chi connectivity index (χ0n) is 18.8. The molecule has 0 saturated carbocycles. The number of ether oxygens (including phenoxy) is 3. The summed E-state index contributed by atoms with van der Waals surface area (Å²) in [5, 5.41) is 3.72. The van der Waals surface area contributed by atoms with E-state index in [4.69, 9.17) is 14.2 Å². The third-order valence-electron chi connectivity index (χ3n) is 5.10. The largest absolute Gasteiger partial charge is 0.491 e. The highest BCUT2D eigenvalue weighted by molar-refractivity contribution is 7.20. The van der Waals surface area contributed by atoms with Crippen LogP contribution in [0.15, 0.2) is 54.6 Å². The highest BCUT2D eigenvalue weighted by atomic mass is 32.1. The standard InChI is InChI=1S/C25H25N3O4S/c1-16-21-24(31-3)27-20(15-30-2)28-25(21)33-22(16)23(29)26-18-11-7-8-12-19(18)32-14-13-17-9-5-4-6-10-17/h4-12H,13-15H2,1-3H3,(H,26,29). The van der Waals surface area contributed by atoms with Crippen LogP contribution in [0.1, 0.15) is 26.6 Å². The van der Waals surface area contributed by atoms with Crippen molar-refractivity contribution in [3.8, 4) is 11.6 Å². The van der Waals surface area contributed by atoms with E-state index in [0.29, 0.717) is 39.5 Å². The molecular formula is C25H25N3O4S. The van der Waals surface area contributed by atoms with Gasteiger partial charge in [0.1, 0.15) is 17.2 Å². The number of aryl methyl sites for hydroxylation is 1. The molecule has 1 N–H and O–H groups in total. The lowest BCUT2D eigenvalue weighted by Gasteiger charge is -2.12. The van der Waals surface area contributed by atoms with Gasteiger partial charge >= 0.3 is 0 Å². The Morgan fingerprint density at radius 3 is 2.55 bits per heavy atom. The Morgan fingerprint density at radius 2 is 1.79 bits per heavy atom. The summed E-state index contributed by atoms with van der Waals surface area (Å²) < 4.78 is 16.6. The summed E-state index contributed by atoms with van der Waals surface area (Å²) in [5.74, 6) is 1.34. The van der Waals surface area contributed by atoms with Crippen LogP contribution in [0, 0.1) is 6.92 Å². The van der Waals surface area contributed by atoms with Crippen LogP contribution >= 0.6 is 11.3 Å². The lowest BCUT2D eigenvalue weighted by molar-refractivity contribution is 0.102. The van der Waals surface area contributed by atoms with E-state index in [9.17, 15) is 4.79 Å². The summed E-state index contributed by atoms with van der Waals surface area (Å²) in [6.07, 6.45) is 0.779. The van der Waals surface area contributed by atoms with E-state index in [-0.39, 0.29) is 12.5 Å². The number of carbonyl (C=O) groups excluding carboxylic acids is 1. The Hall–Kier alpha value is -3.49. The number of nitrogens with one attached hydrogen (secondary N) is 1. The van der Waals surface area contributed by atoms with E-state index in [0.717, 1.165) is 17.4 Å². The number of anilines is 1. The monoisotopic (exact) mass is 463 g/mol. The van der Waals surface area contributed by atoms with E-state index in [1.807, 2.05) is 49.4 Å². The minimum atomic E-state index is -0.232. The number of methoxy groups -OCH3 is 2. The molecular weight excluding hydrogens is 438 g/mol. The third-order valence-corrected chi connectivity index (χ3v) is 6.29. The van der Waals surface area contributed by atoms with Gasteiger partial charge in [-0.2, -0.15) is 4.98 Å². The van der Waals surface area contributed by atoms with Gasteiger partial charge in [-0.15, -0.1) is 11.3 Å². The van der Waals surface area contributed by atoms with Crippen LogP contribution in [0.2, 0.25) is 0 Å². The van der Waals surface area contributed by atoms with E-state index < -0.39 is 0 Å². The Morgan fingerprint density at radius 1 is 1.03 bits per heavy atom.